The number of nitrogens with zero attached hydrogens (tertiary/aromatic N) is 4. The average molecular weight is 488 g/mol. The molecule has 0 fully saturated rings. The van der Waals surface area contributed by atoms with E-state index in [2.05, 4.69) is 16.8 Å². The Morgan fingerprint density at radius 2 is 1.80 bits per heavy atom. The Labute approximate surface area is 208 Å². The van der Waals surface area contributed by atoms with Gasteiger partial charge in [0.1, 0.15) is 0 Å². The summed E-state index contributed by atoms with van der Waals surface area (Å²) in [6, 6.07) is 18.1. The van der Waals surface area contributed by atoms with Crippen LogP contribution < -0.4 is 10.9 Å². The first-order valence-electron chi connectivity index (χ1n) is 11.7. The summed E-state index contributed by atoms with van der Waals surface area (Å²) in [7, 11) is 0. The topological polar surface area (TPSA) is 92.2 Å². The maximum absolute atomic E-state index is 13.1. The van der Waals surface area contributed by atoms with Gasteiger partial charge in [0.25, 0.3) is 11.5 Å². The van der Waals surface area contributed by atoms with Gasteiger partial charge in [0.05, 0.1) is 23.9 Å². The summed E-state index contributed by atoms with van der Waals surface area (Å²) in [4.78, 5) is 30.2. The van der Waals surface area contributed by atoms with Crippen LogP contribution in [0, 0.1) is 11.3 Å². The maximum atomic E-state index is 13.1. The fraction of sp³-hybridized carbons (Fsp3) is 0.259. The van der Waals surface area contributed by atoms with Gasteiger partial charge in [0, 0.05) is 41.5 Å². The predicted molar refractivity (Wildman–Crippen MR) is 137 cm³/mol. The van der Waals surface area contributed by atoms with Gasteiger partial charge in [-0.05, 0) is 36.2 Å². The van der Waals surface area contributed by atoms with E-state index in [9.17, 15) is 9.59 Å². The van der Waals surface area contributed by atoms with Gasteiger partial charge in [-0.3, -0.25) is 14.0 Å². The van der Waals surface area contributed by atoms with E-state index in [-0.39, 0.29) is 17.9 Å². The van der Waals surface area contributed by atoms with E-state index in [4.69, 9.17) is 21.8 Å². The number of nitrogens with one attached hydrogen (secondary N) is 1. The molecule has 0 unspecified atom stereocenters. The Hall–Kier alpha value is -3.89. The zero-order chi connectivity index (χ0) is 24.8. The van der Waals surface area contributed by atoms with Crippen molar-refractivity contribution in [2.75, 3.05) is 6.54 Å². The number of carbonyl (C=O) groups is 1. The number of amides is 1. The van der Waals surface area contributed by atoms with E-state index in [1.165, 1.54) is 0 Å². The Kier molecular flexibility index (Phi) is 7.64. The van der Waals surface area contributed by atoms with Crippen molar-refractivity contribution < 1.29 is 4.79 Å². The van der Waals surface area contributed by atoms with Gasteiger partial charge in [-0.15, -0.1) is 0 Å². The number of benzene rings is 2. The van der Waals surface area contributed by atoms with Crippen molar-refractivity contribution in [1.82, 2.24) is 19.3 Å². The molecule has 4 aromatic rings. The van der Waals surface area contributed by atoms with E-state index in [1.54, 1.807) is 40.9 Å². The van der Waals surface area contributed by atoms with Crippen LogP contribution in [0.15, 0.2) is 65.6 Å². The summed E-state index contributed by atoms with van der Waals surface area (Å²) >= 11 is 6.03. The summed E-state index contributed by atoms with van der Waals surface area (Å²) in [6.45, 7) is 3.16. The predicted octanol–water partition coefficient (Wildman–Crippen LogP) is 5.32. The van der Waals surface area contributed by atoms with Crippen LogP contribution in [-0.2, 0) is 6.54 Å². The van der Waals surface area contributed by atoms with E-state index < -0.39 is 0 Å². The number of rotatable bonds is 9. The monoisotopic (exact) mass is 487 g/mol. The lowest BCUT2D eigenvalue weighted by atomic mass is 10.1. The molecule has 0 atom stereocenters. The first-order chi connectivity index (χ1) is 17.0. The summed E-state index contributed by atoms with van der Waals surface area (Å²) in [6.07, 6.45) is 5.10. The molecule has 2 aromatic heterocycles. The minimum Gasteiger partial charge on any atom is -0.351 e. The van der Waals surface area contributed by atoms with Crippen LogP contribution in [0.3, 0.4) is 0 Å². The van der Waals surface area contributed by atoms with E-state index >= 15 is 0 Å². The quantitative estimate of drug-likeness (QED) is 0.323. The van der Waals surface area contributed by atoms with Gasteiger partial charge >= 0.3 is 0 Å². The Morgan fingerprint density at radius 1 is 1.09 bits per heavy atom. The Bertz CT molecular complexity index is 1430. The Balaban J connectivity index is 1.75. The molecule has 7 nitrogen and oxygen atoms in total. The number of aryl methyl sites for hydroxylation is 1. The molecule has 2 aromatic carbocycles. The van der Waals surface area contributed by atoms with Crippen LogP contribution in [0.5, 0.6) is 0 Å². The first-order valence-corrected chi connectivity index (χ1v) is 12.0. The number of imidazole rings is 1. The highest BCUT2D eigenvalue weighted by Gasteiger charge is 2.15. The Morgan fingerprint density at radius 3 is 2.49 bits per heavy atom. The summed E-state index contributed by atoms with van der Waals surface area (Å²) < 4.78 is 3.65. The smallest absolute Gasteiger partial charge is 0.259 e. The third-order valence-electron chi connectivity index (χ3n) is 5.81. The minimum atomic E-state index is -0.233. The van der Waals surface area contributed by atoms with E-state index in [1.807, 2.05) is 30.3 Å². The second kappa shape index (κ2) is 11.0. The standard InChI is InChI=1S/C27H26ClN5O2/c1-2-3-4-16-32-24(20-6-8-21(9-7-20)26(35)30-15-5-14-29)17-25(34)33-18-23(31-27(32)33)19-10-12-22(28)13-11-19/h6-13,17-18H,2-5,15-16H2,1H3,(H,30,35). The number of fused-ring (bicyclic) bond motifs is 1. The van der Waals surface area contributed by atoms with Gasteiger partial charge < -0.3 is 9.88 Å². The zero-order valence-electron chi connectivity index (χ0n) is 19.5. The highest BCUT2D eigenvalue weighted by Crippen LogP contribution is 2.25. The molecule has 0 bridgehead atoms. The first kappa shape index (κ1) is 24.2. The van der Waals surface area contributed by atoms with Crippen molar-refractivity contribution >= 4 is 23.3 Å². The number of carbonyl (C=O) groups excluding carboxylic acids is 1. The molecule has 0 aliphatic heterocycles. The van der Waals surface area contributed by atoms with Crippen molar-refractivity contribution in [1.29, 1.82) is 5.26 Å². The zero-order valence-corrected chi connectivity index (χ0v) is 20.3. The molecule has 0 aliphatic carbocycles. The average Bonchev–Trinajstić information content (AvgIpc) is 3.32. The molecule has 35 heavy (non-hydrogen) atoms. The molecule has 0 saturated carbocycles. The van der Waals surface area contributed by atoms with Crippen molar-refractivity contribution in [2.24, 2.45) is 0 Å². The largest absolute Gasteiger partial charge is 0.351 e. The highest BCUT2D eigenvalue weighted by atomic mass is 35.5. The number of hydrogen-bond acceptors (Lipinski definition) is 4. The van der Waals surface area contributed by atoms with Crippen molar-refractivity contribution in [3.63, 3.8) is 0 Å². The lowest BCUT2D eigenvalue weighted by molar-refractivity contribution is 0.0954. The van der Waals surface area contributed by atoms with E-state index in [0.717, 1.165) is 36.1 Å². The number of nitriles is 1. The van der Waals surface area contributed by atoms with Gasteiger partial charge in [-0.2, -0.15) is 5.26 Å². The number of unbranched alkanes of at least 4 members (excludes halogenated alkanes) is 2. The molecule has 1 amide bonds. The molecule has 1 N–H and O–H groups in total. The minimum absolute atomic E-state index is 0.173. The normalized spacial score (nSPS) is 10.9. The highest BCUT2D eigenvalue weighted by molar-refractivity contribution is 6.30. The molecular formula is C27H26ClN5O2. The van der Waals surface area contributed by atoms with Gasteiger partial charge in [-0.1, -0.05) is 55.6 Å². The molecule has 4 rings (SSSR count). The lowest BCUT2D eigenvalue weighted by Crippen LogP contribution is -2.24. The van der Waals surface area contributed by atoms with Gasteiger partial charge in [0.2, 0.25) is 5.78 Å². The summed E-state index contributed by atoms with van der Waals surface area (Å²) in [5.41, 5.74) is 3.48. The number of hydrogen-bond donors (Lipinski definition) is 1. The lowest BCUT2D eigenvalue weighted by Gasteiger charge is -2.15. The van der Waals surface area contributed by atoms with Crippen LogP contribution in [0.1, 0.15) is 43.0 Å². The van der Waals surface area contributed by atoms with Crippen molar-refractivity contribution in [2.45, 2.75) is 39.2 Å². The SMILES string of the molecule is CCCCCn1c(-c2ccc(C(=O)NCCC#N)cc2)cc(=O)n2cc(-c3ccc(Cl)cc3)nc12. The molecule has 2 heterocycles. The summed E-state index contributed by atoms with van der Waals surface area (Å²) in [5, 5.41) is 12.0. The molecule has 8 heteroatoms. The molecular weight excluding hydrogens is 462 g/mol. The number of halogens is 1. The second-order valence-corrected chi connectivity index (χ2v) is 8.71. The number of aromatic nitrogens is 3. The van der Waals surface area contributed by atoms with Crippen LogP contribution in [0.2, 0.25) is 5.02 Å². The maximum Gasteiger partial charge on any atom is 0.259 e. The van der Waals surface area contributed by atoms with Crippen molar-refractivity contribution in [3.05, 3.63) is 81.7 Å². The fourth-order valence-electron chi connectivity index (χ4n) is 3.96. The van der Waals surface area contributed by atoms with Crippen molar-refractivity contribution in [3.8, 4) is 28.6 Å². The fourth-order valence-corrected chi connectivity index (χ4v) is 4.09. The molecule has 0 spiro atoms. The van der Waals surface area contributed by atoms with Crippen LogP contribution in [0.4, 0.5) is 0 Å². The molecule has 0 radical (unpaired) electrons. The molecule has 0 aliphatic rings. The van der Waals surface area contributed by atoms with E-state index in [0.29, 0.717) is 35.1 Å². The van der Waals surface area contributed by atoms with Crippen LogP contribution in [-0.4, -0.2) is 26.4 Å². The van der Waals surface area contributed by atoms with Gasteiger partial charge in [-0.25, -0.2) is 4.98 Å². The third kappa shape index (κ3) is 5.44. The van der Waals surface area contributed by atoms with Crippen LogP contribution >= 0.6 is 11.6 Å². The van der Waals surface area contributed by atoms with Crippen LogP contribution in [0.25, 0.3) is 28.3 Å². The third-order valence-corrected chi connectivity index (χ3v) is 6.06. The molecule has 0 saturated heterocycles. The van der Waals surface area contributed by atoms with Gasteiger partial charge in [0.15, 0.2) is 0 Å². The molecule has 178 valence electrons. The second-order valence-electron chi connectivity index (χ2n) is 8.27. The summed E-state index contributed by atoms with van der Waals surface area (Å²) in [5.74, 6) is 0.343.